The van der Waals surface area contributed by atoms with Crippen molar-refractivity contribution >= 4 is 5.97 Å². The number of ether oxygens (including phenoxy) is 2. The van der Waals surface area contributed by atoms with E-state index < -0.39 is 36.2 Å². The molecular weight excluding hydrogens is 216 g/mol. The largest absolute Gasteiger partial charge is 0.479 e. The molecule has 0 spiro atoms. The van der Waals surface area contributed by atoms with Gasteiger partial charge in [-0.3, -0.25) is 0 Å². The lowest BCUT2D eigenvalue weighted by Crippen LogP contribution is -2.55. The van der Waals surface area contributed by atoms with E-state index in [1.54, 1.807) is 0 Å². The highest BCUT2D eigenvalue weighted by atomic mass is 16.7. The Morgan fingerprint density at radius 2 is 1.94 bits per heavy atom. The van der Waals surface area contributed by atoms with Crippen LogP contribution >= 0.6 is 0 Å². The number of fused-ring (bicyclic) bond motifs is 1. The quantitative estimate of drug-likeness (QED) is 0.555. The molecule has 2 aliphatic rings. The van der Waals surface area contributed by atoms with Crippen LogP contribution in [0.25, 0.3) is 0 Å². The Morgan fingerprint density at radius 1 is 1.31 bits per heavy atom. The third-order valence-electron chi connectivity index (χ3n) is 3.13. The van der Waals surface area contributed by atoms with E-state index in [0.717, 1.165) is 0 Å². The minimum absolute atomic E-state index is 0.374. The van der Waals surface area contributed by atoms with Crippen molar-refractivity contribution in [1.82, 2.24) is 0 Å². The molecule has 0 aromatic heterocycles. The summed E-state index contributed by atoms with van der Waals surface area (Å²) in [4.78, 5) is 10.8. The van der Waals surface area contributed by atoms with Gasteiger partial charge in [0.25, 0.3) is 0 Å². The number of hydrogen-bond donors (Lipinski definition) is 3. The van der Waals surface area contributed by atoms with Gasteiger partial charge in [0.05, 0.1) is 11.7 Å². The molecule has 0 saturated carbocycles. The number of rotatable bonds is 1. The first kappa shape index (κ1) is 11.8. The number of hydrogen-bond acceptors (Lipinski definition) is 5. The summed E-state index contributed by atoms with van der Waals surface area (Å²) in [6.45, 7) is 3.67. The summed E-state index contributed by atoms with van der Waals surface area (Å²) in [5.74, 6) is -1.67. The highest BCUT2D eigenvalue weighted by molar-refractivity contribution is 5.73. The SMILES string of the molecule is CC1(C)C[C@H]2[C@@H](O[C@H](C(=O)O)[C@@H](O)[C@@H]2O)O1. The fraction of sp³-hybridized carbons (Fsp3) is 0.900. The molecule has 2 aliphatic heterocycles. The Morgan fingerprint density at radius 3 is 2.50 bits per heavy atom. The van der Waals surface area contributed by atoms with Gasteiger partial charge < -0.3 is 24.8 Å². The Hall–Kier alpha value is -0.690. The number of carboxylic acid groups (broad SMARTS) is 1. The van der Waals surface area contributed by atoms with E-state index in [-0.39, 0.29) is 5.92 Å². The second-order valence-electron chi connectivity index (χ2n) is 4.99. The van der Waals surface area contributed by atoms with Crippen LogP contribution in [0.1, 0.15) is 20.3 Å². The predicted octanol–water partition coefficient (Wildman–Crippen LogP) is -0.667. The monoisotopic (exact) mass is 232 g/mol. The van der Waals surface area contributed by atoms with E-state index >= 15 is 0 Å². The van der Waals surface area contributed by atoms with Gasteiger partial charge in [0.15, 0.2) is 12.4 Å². The van der Waals surface area contributed by atoms with Crippen molar-refractivity contribution in [3.63, 3.8) is 0 Å². The third-order valence-corrected chi connectivity index (χ3v) is 3.13. The van der Waals surface area contributed by atoms with Crippen LogP contribution in [-0.4, -0.2) is 51.5 Å². The molecule has 0 unspecified atom stereocenters. The van der Waals surface area contributed by atoms with Crippen LogP contribution in [0.2, 0.25) is 0 Å². The zero-order valence-corrected chi connectivity index (χ0v) is 9.16. The number of aliphatic hydroxyl groups is 2. The van der Waals surface area contributed by atoms with Gasteiger partial charge >= 0.3 is 5.97 Å². The minimum atomic E-state index is -1.43. The zero-order valence-electron chi connectivity index (χ0n) is 9.16. The lowest BCUT2D eigenvalue weighted by molar-refractivity contribution is -0.264. The summed E-state index contributed by atoms with van der Waals surface area (Å²) in [6, 6.07) is 0. The highest BCUT2D eigenvalue weighted by Gasteiger charge is 2.54. The number of carbonyl (C=O) groups is 1. The lowest BCUT2D eigenvalue weighted by atomic mass is 9.86. The van der Waals surface area contributed by atoms with Crippen molar-refractivity contribution in [3.8, 4) is 0 Å². The van der Waals surface area contributed by atoms with E-state index in [1.807, 2.05) is 13.8 Å². The molecule has 92 valence electrons. The average Bonchev–Trinajstić information content (AvgIpc) is 2.46. The molecule has 2 fully saturated rings. The second kappa shape index (κ2) is 3.66. The molecular formula is C10H16O6. The third kappa shape index (κ3) is 1.82. The van der Waals surface area contributed by atoms with Gasteiger partial charge in [0.2, 0.25) is 0 Å². The second-order valence-corrected chi connectivity index (χ2v) is 4.99. The first-order chi connectivity index (χ1) is 7.32. The molecule has 0 aliphatic carbocycles. The summed E-state index contributed by atoms with van der Waals surface area (Å²) < 4.78 is 10.7. The van der Waals surface area contributed by atoms with Crippen molar-refractivity contribution in [2.75, 3.05) is 0 Å². The molecule has 6 nitrogen and oxygen atoms in total. The summed E-state index contributed by atoms with van der Waals surface area (Å²) in [5.41, 5.74) is -0.469. The topological polar surface area (TPSA) is 96.2 Å². The van der Waals surface area contributed by atoms with Gasteiger partial charge in [-0.1, -0.05) is 0 Å². The summed E-state index contributed by atoms with van der Waals surface area (Å²) >= 11 is 0. The molecule has 0 aromatic carbocycles. The van der Waals surface area contributed by atoms with Crippen LogP contribution < -0.4 is 0 Å². The molecule has 0 aromatic rings. The molecule has 16 heavy (non-hydrogen) atoms. The maximum atomic E-state index is 10.8. The maximum absolute atomic E-state index is 10.8. The van der Waals surface area contributed by atoms with Crippen LogP contribution in [-0.2, 0) is 14.3 Å². The van der Waals surface area contributed by atoms with Gasteiger partial charge in [-0.15, -0.1) is 0 Å². The van der Waals surface area contributed by atoms with Crippen molar-refractivity contribution in [2.45, 2.75) is 50.5 Å². The van der Waals surface area contributed by atoms with E-state index in [0.29, 0.717) is 6.42 Å². The van der Waals surface area contributed by atoms with Gasteiger partial charge in [0.1, 0.15) is 6.10 Å². The maximum Gasteiger partial charge on any atom is 0.335 e. The number of carboxylic acids is 1. The Kier molecular flexibility index (Phi) is 2.70. The van der Waals surface area contributed by atoms with Crippen molar-refractivity contribution in [1.29, 1.82) is 0 Å². The number of aliphatic hydroxyl groups excluding tert-OH is 2. The molecule has 0 bridgehead atoms. The Labute approximate surface area is 92.8 Å². The van der Waals surface area contributed by atoms with Crippen molar-refractivity contribution in [2.24, 2.45) is 5.92 Å². The standard InChI is InChI=1S/C10H16O6/c1-10(2)3-4-5(11)6(12)7(8(13)14)15-9(4)16-10/h4-7,9,11-12H,3H2,1-2H3,(H,13,14)/t4-,5-,6+,7+,9+/m1/s1. The fourth-order valence-electron chi connectivity index (χ4n) is 2.39. The van der Waals surface area contributed by atoms with Crippen molar-refractivity contribution < 1.29 is 29.6 Å². The van der Waals surface area contributed by atoms with Gasteiger partial charge in [-0.2, -0.15) is 0 Å². The zero-order chi connectivity index (χ0) is 12.1. The molecule has 2 saturated heterocycles. The smallest absolute Gasteiger partial charge is 0.335 e. The molecule has 0 radical (unpaired) electrons. The summed E-state index contributed by atoms with van der Waals surface area (Å²) in [5, 5.41) is 28.3. The van der Waals surface area contributed by atoms with E-state index in [1.165, 1.54) is 0 Å². The predicted molar refractivity (Wildman–Crippen MR) is 51.6 cm³/mol. The molecule has 6 heteroatoms. The van der Waals surface area contributed by atoms with Crippen LogP contribution in [0.3, 0.4) is 0 Å². The van der Waals surface area contributed by atoms with Crippen LogP contribution in [0.5, 0.6) is 0 Å². The first-order valence-corrected chi connectivity index (χ1v) is 5.24. The summed E-state index contributed by atoms with van der Waals surface area (Å²) in [7, 11) is 0. The van der Waals surface area contributed by atoms with Gasteiger partial charge in [-0.25, -0.2) is 4.79 Å². The normalized spacial score (nSPS) is 46.4. The number of aliphatic carboxylic acids is 1. The Balaban J connectivity index is 2.18. The molecule has 0 amide bonds. The fourth-order valence-corrected chi connectivity index (χ4v) is 2.39. The van der Waals surface area contributed by atoms with E-state index in [2.05, 4.69) is 0 Å². The van der Waals surface area contributed by atoms with E-state index in [4.69, 9.17) is 14.6 Å². The van der Waals surface area contributed by atoms with Crippen molar-refractivity contribution in [3.05, 3.63) is 0 Å². The molecule has 3 N–H and O–H groups in total. The van der Waals surface area contributed by atoms with Gasteiger partial charge in [0, 0.05) is 5.92 Å². The van der Waals surface area contributed by atoms with Gasteiger partial charge in [-0.05, 0) is 20.3 Å². The minimum Gasteiger partial charge on any atom is -0.479 e. The summed E-state index contributed by atoms with van der Waals surface area (Å²) in [6.07, 6.45) is -4.18. The molecule has 2 heterocycles. The van der Waals surface area contributed by atoms with E-state index in [9.17, 15) is 15.0 Å². The average molecular weight is 232 g/mol. The highest BCUT2D eigenvalue weighted by Crippen LogP contribution is 2.41. The first-order valence-electron chi connectivity index (χ1n) is 5.24. The van der Waals surface area contributed by atoms with Crippen LogP contribution in [0, 0.1) is 5.92 Å². The van der Waals surface area contributed by atoms with Crippen LogP contribution in [0.4, 0.5) is 0 Å². The van der Waals surface area contributed by atoms with Crippen LogP contribution in [0.15, 0.2) is 0 Å². The lowest BCUT2D eigenvalue weighted by Gasteiger charge is -2.36. The Bertz CT molecular complexity index is 302. The molecule has 5 atom stereocenters. The molecule has 2 rings (SSSR count).